The summed E-state index contributed by atoms with van der Waals surface area (Å²) in [5.74, 6) is 0.459. The molecule has 2 aromatic carbocycles. The van der Waals surface area contributed by atoms with Crippen molar-refractivity contribution >= 4 is 51.9 Å². The van der Waals surface area contributed by atoms with E-state index in [1.54, 1.807) is 18.2 Å². The molecule has 0 saturated heterocycles. The van der Waals surface area contributed by atoms with Gasteiger partial charge in [0.2, 0.25) is 0 Å². The van der Waals surface area contributed by atoms with Crippen LogP contribution in [0.2, 0.25) is 10.0 Å². The molecular weight excluding hydrogens is 335 g/mol. The molecule has 5 heteroatoms. The number of anilines is 2. The fraction of sp³-hybridized carbons (Fsp3) is 0.235. The third-order valence-corrected chi connectivity index (χ3v) is 4.30. The van der Waals surface area contributed by atoms with Crippen molar-refractivity contribution in [2.75, 3.05) is 10.6 Å². The van der Waals surface area contributed by atoms with Gasteiger partial charge in [0.1, 0.15) is 0 Å². The molecule has 0 aliphatic heterocycles. The van der Waals surface area contributed by atoms with Gasteiger partial charge in [-0.1, -0.05) is 55.2 Å². The van der Waals surface area contributed by atoms with E-state index in [0.29, 0.717) is 26.8 Å². The Morgan fingerprint density at radius 3 is 2.50 bits per heavy atom. The summed E-state index contributed by atoms with van der Waals surface area (Å²) in [6.45, 7) is 4.37. The van der Waals surface area contributed by atoms with E-state index in [4.69, 9.17) is 35.4 Å². The normalized spacial score (nSPS) is 11.8. The van der Waals surface area contributed by atoms with Gasteiger partial charge in [0.25, 0.3) is 0 Å². The molecule has 1 unspecified atom stereocenters. The number of nitrogens with one attached hydrogen (secondary N) is 2. The van der Waals surface area contributed by atoms with Gasteiger partial charge in [-0.15, -0.1) is 0 Å². The molecule has 0 amide bonds. The third-order valence-electron chi connectivity index (χ3n) is 3.53. The molecule has 0 aliphatic rings. The molecule has 2 N–H and O–H groups in total. The lowest BCUT2D eigenvalue weighted by Gasteiger charge is -2.18. The highest BCUT2D eigenvalue weighted by Crippen LogP contribution is 2.28. The quantitative estimate of drug-likeness (QED) is 0.629. The van der Waals surface area contributed by atoms with Crippen LogP contribution in [0, 0.1) is 0 Å². The Hall–Kier alpha value is -1.29. The van der Waals surface area contributed by atoms with Gasteiger partial charge in [-0.05, 0) is 54.4 Å². The standard InChI is InChI=1S/C17H18Cl2N2S/c1-3-11(2)13-6-4-5-7-15(13)20-17(22)21-16-10-12(18)8-9-14(16)19/h4-11H,3H2,1-2H3,(H2,20,21,22). The lowest BCUT2D eigenvalue weighted by molar-refractivity contribution is 0.736. The molecule has 0 bridgehead atoms. The molecule has 0 saturated carbocycles. The van der Waals surface area contributed by atoms with Crippen molar-refractivity contribution in [3.05, 3.63) is 58.1 Å². The number of thiocarbonyl (C=S) groups is 1. The molecule has 116 valence electrons. The van der Waals surface area contributed by atoms with Crippen LogP contribution in [-0.4, -0.2) is 5.11 Å². The Balaban J connectivity index is 2.14. The number of hydrogen-bond acceptors (Lipinski definition) is 1. The number of rotatable bonds is 4. The molecule has 2 nitrogen and oxygen atoms in total. The van der Waals surface area contributed by atoms with Gasteiger partial charge in [-0.2, -0.15) is 0 Å². The van der Waals surface area contributed by atoms with Gasteiger partial charge in [0, 0.05) is 10.7 Å². The average molecular weight is 353 g/mol. The van der Waals surface area contributed by atoms with Crippen LogP contribution in [0.25, 0.3) is 0 Å². The second kappa shape index (κ2) is 7.82. The summed E-state index contributed by atoms with van der Waals surface area (Å²) in [5.41, 5.74) is 2.94. The Labute approximate surface area is 146 Å². The summed E-state index contributed by atoms with van der Waals surface area (Å²) >= 11 is 17.5. The lowest BCUT2D eigenvalue weighted by Crippen LogP contribution is -2.20. The first kappa shape index (κ1) is 17.1. The molecule has 1 atom stereocenters. The smallest absolute Gasteiger partial charge is 0.175 e. The van der Waals surface area contributed by atoms with Crippen molar-refractivity contribution in [1.29, 1.82) is 0 Å². The zero-order valence-corrected chi connectivity index (χ0v) is 14.8. The maximum absolute atomic E-state index is 6.14. The van der Waals surface area contributed by atoms with Crippen LogP contribution < -0.4 is 10.6 Å². The average Bonchev–Trinajstić information content (AvgIpc) is 2.50. The topological polar surface area (TPSA) is 24.1 Å². The van der Waals surface area contributed by atoms with E-state index in [2.05, 4.69) is 30.5 Å². The maximum atomic E-state index is 6.14. The minimum Gasteiger partial charge on any atom is -0.332 e. The Kier molecular flexibility index (Phi) is 6.07. The fourth-order valence-corrected chi connectivity index (χ4v) is 2.69. The van der Waals surface area contributed by atoms with Gasteiger partial charge in [0.05, 0.1) is 10.7 Å². The van der Waals surface area contributed by atoms with Crippen LogP contribution in [0.1, 0.15) is 31.7 Å². The van der Waals surface area contributed by atoms with Gasteiger partial charge >= 0.3 is 0 Å². The van der Waals surface area contributed by atoms with Gasteiger partial charge in [0.15, 0.2) is 5.11 Å². The zero-order valence-electron chi connectivity index (χ0n) is 12.5. The van der Waals surface area contributed by atoms with Crippen molar-refractivity contribution < 1.29 is 0 Å². The minimum absolute atomic E-state index is 0.459. The molecule has 0 radical (unpaired) electrons. The van der Waals surface area contributed by atoms with Crippen LogP contribution >= 0.6 is 35.4 Å². The molecule has 0 heterocycles. The highest BCUT2D eigenvalue weighted by molar-refractivity contribution is 7.80. The molecule has 2 aromatic rings. The predicted molar refractivity (Wildman–Crippen MR) is 101 cm³/mol. The maximum Gasteiger partial charge on any atom is 0.175 e. The Bertz CT molecular complexity index is 673. The largest absolute Gasteiger partial charge is 0.332 e. The molecule has 0 fully saturated rings. The van der Waals surface area contributed by atoms with Crippen molar-refractivity contribution in [1.82, 2.24) is 0 Å². The Morgan fingerprint density at radius 2 is 1.77 bits per heavy atom. The van der Waals surface area contributed by atoms with E-state index in [0.717, 1.165) is 12.1 Å². The molecule has 0 aromatic heterocycles. The van der Waals surface area contributed by atoms with E-state index in [9.17, 15) is 0 Å². The number of halogens is 2. The second-order valence-corrected chi connectivity index (χ2v) is 6.35. The van der Waals surface area contributed by atoms with Gasteiger partial charge in [-0.3, -0.25) is 0 Å². The Morgan fingerprint density at radius 1 is 1.09 bits per heavy atom. The summed E-state index contributed by atoms with van der Waals surface area (Å²) < 4.78 is 0. The molecular formula is C17H18Cl2N2S. The van der Waals surface area contributed by atoms with Crippen molar-refractivity contribution in [3.8, 4) is 0 Å². The van der Waals surface area contributed by atoms with Crippen LogP contribution in [-0.2, 0) is 0 Å². The minimum atomic E-state index is 0.459. The summed E-state index contributed by atoms with van der Waals surface area (Å²) in [7, 11) is 0. The van der Waals surface area contributed by atoms with E-state index in [-0.39, 0.29) is 0 Å². The van der Waals surface area contributed by atoms with Crippen molar-refractivity contribution in [3.63, 3.8) is 0 Å². The van der Waals surface area contributed by atoms with E-state index < -0.39 is 0 Å². The first-order valence-electron chi connectivity index (χ1n) is 7.13. The molecule has 2 rings (SSSR count). The van der Waals surface area contributed by atoms with Crippen molar-refractivity contribution in [2.24, 2.45) is 0 Å². The highest BCUT2D eigenvalue weighted by atomic mass is 35.5. The SMILES string of the molecule is CCC(C)c1ccccc1NC(=S)Nc1cc(Cl)ccc1Cl. The fourth-order valence-electron chi connectivity index (χ4n) is 2.13. The predicted octanol–water partition coefficient (Wildman–Crippen LogP) is 6.32. The molecule has 22 heavy (non-hydrogen) atoms. The summed E-state index contributed by atoms with van der Waals surface area (Å²) in [6.07, 6.45) is 1.07. The zero-order chi connectivity index (χ0) is 16.1. The highest BCUT2D eigenvalue weighted by Gasteiger charge is 2.10. The van der Waals surface area contributed by atoms with E-state index in [1.165, 1.54) is 5.56 Å². The van der Waals surface area contributed by atoms with Crippen LogP contribution in [0.5, 0.6) is 0 Å². The summed E-state index contributed by atoms with van der Waals surface area (Å²) in [4.78, 5) is 0. The second-order valence-electron chi connectivity index (χ2n) is 5.10. The van der Waals surface area contributed by atoms with Crippen LogP contribution in [0.3, 0.4) is 0 Å². The molecule has 0 spiro atoms. The summed E-state index contributed by atoms with van der Waals surface area (Å²) in [5, 5.41) is 7.99. The van der Waals surface area contributed by atoms with E-state index in [1.807, 2.05) is 18.2 Å². The monoisotopic (exact) mass is 352 g/mol. The van der Waals surface area contributed by atoms with Crippen LogP contribution in [0.4, 0.5) is 11.4 Å². The number of hydrogen-bond donors (Lipinski definition) is 2. The van der Waals surface area contributed by atoms with Crippen LogP contribution in [0.15, 0.2) is 42.5 Å². The first-order valence-corrected chi connectivity index (χ1v) is 8.29. The summed E-state index contributed by atoms with van der Waals surface area (Å²) in [6, 6.07) is 13.4. The van der Waals surface area contributed by atoms with E-state index >= 15 is 0 Å². The molecule has 0 aliphatic carbocycles. The number of para-hydroxylation sites is 1. The lowest BCUT2D eigenvalue weighted by atomic mass is 9.97. The first-order chi connectivity index (χ1) is 10.5. The number of benzene rings is 2. The van der Waals surface area contributed by atoms with Crippen molar-refractivity contribution in [2.45, 2.75) is 26.2 Å². The third kappa shape index (κ3) is 4.35. The van der Waals surface area contributed by atoms with Gasteiger partial charge < -0.3 is 10.6 Å². The van der Waals surface area contributed by atoms with Gasteiger partial charge in [-0.25, -0.2) is 0 Å².